The van der Waals surface area contributed by atoms with Gasteiger partial charge in [-0.25, -0.2) is 0 Å². The molecule has 15 heavy (non-hydrogen) atoms. The van der Waals surface area contributed by atoms with Gasteiger partial charge in [-0.3, -0.25) is 9.59 Å². The fourth-order valence-corrected chi connectivity index (χ4v) is 0.902. The summed E-state index contributed by atoms with van der Waals surface area (Å²) in [7, 11) is 0. The number of carbonyl (C=O) groups excluding carboxylic acids is 1. The van der Waals surface area contributed by atoms with Crippen LogP contribution < -0.4 is 5.73 Å². The summed E-state index contributed by atoms with van der Waals surface area (Å²) in [6.07, 6.45) is 0.122. The molecule has 4 N–H and O–H groups in total. The largest absolute Gasteiger partial charge is 0.480 e. The minimum atomic E-state index is -1.38. The highest BCUT2D eigenvalue weighted by atomic mass is 16.6. The van der Waals surface area contributed by atoms with E-state index in [0.717, 1.165) is 0 Å². The molecule has 0 spiro atoms. The van der Waals surface area contributed by atoms with Gasteiger partial charge in [0.2, 0.25) is 6.29 Å². The highest BCUT2D eigenvalue weighted by molar-refractivity contribution is 5.78. The molecule has 0 bridgehead atoms. The zero-order valence-electron chi connectivity index (χ0n) is 8.68. The maximum atomic E-state index is 10.5. The van der Waals surface area contributed by atoms with E-state index < -0.39 is 24.1 Å². The molecule has 0 saturated carbocycles. The molecule has 6 nitrogen and oxygen atoms in total. The van der Waals surface area contributed by atoms with Gasteiger partial charge in [-0.05, 0) is 26.2 Å². The molecule has 0 heterocycles. The van der Waals surface area contributed by atoms with Crippen LogP contribution in [0.2, 0.25) is 0 Å². The Morgan fingerprint density at radius 1 is 1.40 bits per heavy atom. The lowest BCUT2D eigenvalue weighted by Gasteiger charge is -2.09. The predicted molar refractivity (Wildman–Crippen MR) is 52.1 cm³/mol. The predicted octanol–water partition coefficient (Wildman–Crippen LogP) is -0.507. The van der Waals surface area contributed by atoms with Crippen molar-refractivity contribution < 1.29 is 24.5 Å². The summed E-state index contributed by atoms with van der Waals surface area (Å²) in [6, 6.07) is -0.859. The molecule has 0 amide bonds. The Labute approximate surface area is 88.0 Å². The van der Waals surface area contributed by atoms with Crippen LogP contribution in [0.1, 0.15) is 26.2 Å². The summed E-state index contributed by atoms with van der Waals surface area (Å²) >= 11 is 0. The van der Waals surface area contributed by atoms with Crippen molar-refractivity contribution >= 4 is 11.8 Å². The first kappa shape index (κ1) is 14.0. The van der Waals surface area contributed by atoms with Crippen LogP contribution in [-0.2, 0) is 14.3 Å². The average molecular weight is 219 g/mol. The number of hydrogen-bond donors (Lipinski definition) is 3. The molecule has 6 heteroatoms. The summed E-state index contributed by atoms with van der Waals surface area (Å²) in [4.78, 5) is 20.9. The molecular formula is C9H17NO5. The van der Waals surface area contributed by atoms with Crippen molar-refractivity contribution in [3.63, 3.8) is 0 Å². The number of aliphatic carboxylic acids is 1. The van der Waals surface area contributed by atoms with Gasteiger partial charge in [0.05, 0.1) is 6.61 Å². The first-order valence-corrected chi connectivity index (χ1v) is 4.73. The van der Waals surface area contributed by atoms with Gasteiger partial charge in [-0.2, -0.15) is 0 Å². The second-order valence-corrected chi connectivity index (χ2v) is 3.27. The fourth-order valence-electron chi connectivity index (χ4n) is 0.902. The zero-order valence-corrected chi connectivity index (χ0v) is 8.68. The second-order valence-electron chi connectivity index (χ2n) is 3.27. The molecule has 0 rings (SSSR count). The van der Waals surface area contributed by atoms with E-state index in [1.165, 1.54) is 6.92 Å². The lowest BCUT2D eigenvalue weighted by atomic mass is 10.1. The summed E-state index contributed by atoms with van der Waals surface area (Å²) < 4.78 is 4.76. The lowest BCUT2D eigenvalue weighted by molar-refractivity contribution is -0.153. The average Bonchev–Trinajstić information content (AvgIpc) is 2.16. The van der Waals surface area contributed by atoms with Gasteiger partial charge in [0.1, 0.15) is 6.04 Å². The van der Waals surface area contributed by atoms with Crippen LogP contribution in [-0.4, -0.2) is 40.9 Å². The Kier molecular flexibility index (Phi) is 6.85. The van der Waals surface area contributed by atoms with Gasteiger partial charge in [-0.15, -0.1) is 0 Å². The summed E-state index contributed by atoms with van der Waals surface area (Å²) in [5, 5.41) is 17.4. The standard InChI is InChI=1S/C9H17NO5/c1-6(11)9(14)15-5-3-2-4-7(10)8(12)13/h7,9,14H,2-5,10H2,1H3,(H,12,13). The van der Waals surface area contributed by atoms with Crippen molar-refractivity contribution in [2.24, 2.45) is 5.73 Å². The van der Waals surface area contributed by atoms with Crippen LogP contribution in [0, 0.1) is 0 Å². The normalized spacial score (nSPS) is 14.6. The lowest BCUT2D eigenvalue weighted by Crippen LogP contribution is -2.29. The van der Waals surface area contributed by atoms with E-state index in [2.05, 4.69) is 0 Å². The van der Waals surface area contributed by atoms with Gasteiger partial charge in [-0.1, -0.05) is 0 Å². The first-order chi connectivity index (χ1) is 6.95. The van der Waals surface area contributed by atoms with Gasteiger partial charge in [0.15, 0.2) is 5.78 Å². The zero-order chi connectivity index (χ0) is 11.8. The Hall–Kier alpha value is -0.980. The third-order valence-corrected chi connectivity index (χ3v) is 1.85. The van der Waals surface area contributed by atoms with Gasteiger partial charge >= 0.3 is 5.97 Å². The van der Waals surface area contributed by atoms with E-state index >= 15 is 0 Å². The number of hydrogen-bond acceptors (Lipinski definition) is 5. The molecule has 0 aromatic carbocycles. The van der Waals surface area contributed by atoms with Crippen LogP contribution in [0.3, 0.4) is 0 Å². The van der Waals surface area contributed by atoms with E-state index in [0.29, 0.717) is 19.3 Å². The number of nitrogens with two attached hydrogens (primary N) is 1. The van der Waals surface area contributed by atoms with Crippen LogP contribution >= 0.6 is 0 Å². The van der Waals surface area contributed by atoms with Crippen molar-refractivity contribution in [3.8, 4) is 0 Å². The number of ether oxygens (including phenoxy) is 1. The molecule has 0 fully saturated rings. The smallest absolute Gasteiger partial charge is 0.320 e. The number of carbonyl (C=O) groups is 2. The summed E-state index contributed by atoms with van der Waals surface area (Å²) in [5.41, 5.74) is 5.26. The minimum absolute atomic E-state index is 0.215. The van der Waals surface area contributed by atoms with Crippen LogP contribution in [0.4, 0.5) is 0 Å². The van der Waals surface area contributed by atoms with Crippen LogP contribution in [0.5, 0.6) is 0 Å². The van der Waals surface area contributed by atoms with Crippen molar-refractivity contribution in [1.82, 2.24) is 0 Å². The van der Waals surface area contributed by atoms with Gasteiger partial charge < -0.3 is 20.7 Å². The molecule has 0 aromatic rings. The molecule has 0 aliphatic carbocycles. The number of ketones is 1. The molecule has 2 atom stereocenters. The number of carboxylic acid groups (broad SMARTS) is 1. The number of Topliss-reactive ketones (excluding diaryl/α,β-unsaturated/α-hetero) is 1. The van der Waals surface area contributed by atoms with E-state index in [1.807, 2.05) is 0 Å². The minimum Gasteiger partial charge on any atom is -0.480 e. The van der Waals surface area contributed by atoms with Crippen LogP contribution in [0.25, 0.3) is 0 Å². The number of rotatable bonds is 8. The van der Waals surface area contributed by atoms with E-state index in [1.54, 1.807) is 0 Å². The van der Waals surface area contributed by atoms with E-state index in [4.69, 9.17) is 20.7 Å². The summed E-state index contributed by atoms with van der Waals surface area (Å²) in [5.74, 6) is -1.48. The number of unbranched alkanes of at least 4 members (excludes halogenated alkanes) is 1. The molecule has 2 unspecified atom stereocenters. The molecule has 0 aliphatic heterocycles. The topological polar surface area (TPSA) is 110 Å². The van der Waals surface area contributed by atoms with Crippen molar-refractivity contribution in [3.05, 3.63) is 0 Å². The molecule has 88 valence electrons. The molecular weight excluding hydrogens is 202 g/mol. The van der Waals surface area contributed by atoms with Crippen LogP contribution in [0.15, 0.2) is 0 Å². The SMILES string of the molecule is CC(=O)C(O)OCCCCC(N)C(=O)O. The fraction of sp³-hybridized carbons (Fsp3) is 0.778. The highest BCUT2D eigenvalue weighted by Crippen LogP contribution is 2.01. The molecule has 0 radical (unpaired) electrons. The number of aliphatic hydroxyl groups excluding tert-OH is 1. The molecule has 0 saturated heterocycles. The second kappa shape index (κ2) is 7.33. The molecule has 0 aliphatic rings. The van der Waals surface area contributed by atoms with Crippen molar-refractivity contribution in [2.75, 3.05) is 6.61 Å². The Morgan fingerprint density at radius 3 is 2.47 bits per heavy atom. The van der Waals surface area contributed by atoms with Crippen molar-refractivity contribution in [1.29, 1.82) is 0 Å². The Morgan fingerprint density at radius 2 is 2.00 bits per heavy atom. The third-order valence-electron chi connectivity index (χ3n) is 1.85. The maximum Gasteiger partial charge on any atom is 0.320 e. The van der Waals surface area contributed by atoms with Gasteiger partial charge in [0.25, 0.3) is 0 Å². The summed E-state index contributed by atoms with van der Waals surface area (Å²) in [6.45, 7) is 1.44. The third kappa shape index (κ3) is 7.01. The Bertz CT molecular complexity index is 197. The maximum absolute atomic E-state index is 10.5. The molecule has 0 aromatic heterocycles. The monoisotopic (exact) mass is 219 g/mol. The number of carboxylic acids is 1. The highest BCUT2D eigenvalue weighted by Gasteiger charge is 2.11. The van der Waals surface area contributed by atoms with E-state index in [9.17, 15) is 9.59 Å². The van der Waals surface area contributed by atoms with Gasteiger partial charge in [0, 0.05) is 0 Å². The Balaban J connectivity index is 3.40. The van der Waals surface area contributed by atoms with E-state index in [-0.39, 0.29) is 6.61 Å². The first-order valence-electron chi connectivity index (χ1n) is 4.73. The van der Waals surface area contributed by atoms with Crippen molar-refractivity contribution in [2.45, 2.75) is 38.5 Å². The number of aliphatic hydroxyl groups is 1. The quantitative estimate of drug-likeness (QED) is 0.374.